The maximum absolute atomic E-state index is 13.2. The van der Waals surface area contributed by atoms with E-state index in [-0.39, 0.29) is 0 Å². The lowest BCUT2D eigenvalue weighted by atomic mass is 9.97. The molecule has 7 heteroatoms. The molecule has 170 valence electrons. The zero-order valence-corrected chi connectivity index (χ0v) is 19.5. The molecule has 0 aliphatic carbocycles. The number of pyridine rings is 1. The average molecular weight is 474 g/mol. The first-order valence-electron chi connectivity index (χ1n) is 10.5. The van der Waals surface area contributed by atoms with Crippen LogP contribution < -0.4 is 19.8 Å². The third-order valence-electron chi connectivity index (χ3n) is 5.67. The quantitative estimate of drug-likeness (QED) is 0.218. The van der Waals surface area contributed by atoms with Crippen molar-refractivity contribution in [2.45, 2.75) is 0 Å². The van der Waals surface area contributed by atoms with E-state index in [0.29, 0.717) is 61.0 Å². The number of aromatic nitrogens is 1. The van der Waals surface area contributed by atoms with Gasteiger partial charge in [0.2, 0.25) is 5.75 Å². The molecule has 0 saturated carbocycles. The van der Waals surface area contributed by atoms with Gasteiger partial charge in [0.15, 0.2) is 11.5 Å². The van der Waals surface area contributed by atoms with E-state index in [1.165, 1.54) is 0 Å². The zero-order valence-electron chi connectivity index (χ0n) is 18.7. The zero-order chi connectivity index (χ0) is 23.8. The van der Waals surface area contributed by atoms with Crippen LogP contribution in [-0.2, 0) is 0 Å². The van der Waals surface area contributed by atoms with Crippen LogP contribution in [-0.4, -0.2) is 26.3 Å². The number of hydrogen-bond acceptors (Lipinski definition) is 6. The predicted molar refractivity (Wildman–Crippen MR) is 133 cm³/mol. The first-order chi connectivity index (χ1) is 16.5. The van der Waals surface area contributed by atoms with Crippen molar-refractivity contribution in [2.75, 3.05) is 21.3 Å². The normalized spacial score (nSPS) is 11.1. The van der Waals surface area contributed by atoms with Gasteiger partial charge in [-0.05, 0) is 42.0 Å². The number of methoxy groups -OCH3 is 3. The van der Waals surface area contributed by atoms with Crippen LogP contribution in [0.15, 0.2) is 75.9 Å². The van der Waals surface area contributed by atoms with Crippen LogP contribution in [0.1, 0.15) is 0 Å². The second kappa shape index (κ2) is 8.72. The fraction of sp³-hybridized carbons (Fsp3) is 0.111. The highest BCUT2D eigenvalue weighted by atomic mass is 35.5. The van der Waals surface area contributed by atoms with Crippen molar-refractivity contribution < 1.29 is 18.6 Å². The van der Waals surface area contributed by atoms with Gasteiger partial charge < -0.3 is 18.6 Å². The molecule has 6 nitrogen and oxygen atoms in total. The number of fused-ring (bicyclic) bond motifs is 3. The van der Waals surface area contributed by atoms with Crippen molar-refractivity contribution in [3.05, 3.63) is 82.2 Å². The van der Waals surface area contributed by atoms with Crippen LogP contribution in [0.4, 0.5) is 0 Å². The second-order valence-corrected chi connectivity index (χ2v) is 8.03. The Balaban J connectivity index is 1.94. The summed E-state index contributed by atoms with van der Waals surface area (Å²) in [7, 11) is 4.63. The summed E-state index contributed by atoms with van der Waals surface area (Å²) in [5.41, 5.74) is 3.33. The lowest BCUT2D eigenvalue weighted by Crippen LogP contribution is -2.05. The molecule has 2 aromatic heterocycles. The lowest BCUT2D eigenvalue weighted by Gasteiger charge is -2.16. The highest BCUT2D eigenvalue weighted by Crippen LogP contribution is 2.43. The molecule has 0 spiro atoms. The largest absolute Gasteiger partial charge is 0.493 e. The van der Waals surface area contributed by atoms with Crippen molar-refractivity contribution in [2.24, 2.45) is 0 Å². The Bertz CT molecular complexity index is 1570. The molecule has 0 saturated heterocycles. The number of nitrogens with zero attached hydrogens (tertiary/aromatic N) is 1. The first-order valence-corrected chi connectivity index (χ1v) is 10.8. The topological polar surface area (TPSA) is 70.8 Å². The maximum Gasteiger partial charge on any atom is 0.346 e. The summed E-state index contributed by atoms with van der Waals surface area (Å²) < 4.78 is 22.2. The highest BCUT2D eigenvalue weighted by molar-refractivity contribution is 6.31. The minimum atomic E-state index is -0.499. The third-order valence-corrected chi connectivity index (χ3v) is 5.90. The predicted octanol–water partition coefficient (Wildman–Crippen LogP) is 6.35. The van der Waals surface area contributed by atoms with E-state index in [1.54, 1.807) is 51.7 Å². The van der Waals surface area contributed by atoms with Gasteiger partial charge in [0.25, 0.3) is 0 Å². The summed E-state index contributed by atoms with van der Waals surface area (Å²) in [5.74, 6) is 1.40. The van der Waals surface area contributed by atoms with Gasteiger partial charge in [-0.15, -0.1) is 0 Å². The van der Waals surface area contributed by atoms with E-state index >= 15 is 0 Å². The summed E-state index contributed by atoms with van der Waals surface area (Å²) in [6.07, 6.45) is 0. The molecule has 5 aromatic rings. The van der Waals surface area contributed by atoms with E-state index in [0.717, 1.165) is 5.56 Å². The molecule has 0 bridgehead atoms. The van der Waals surface area contributed by atoms with Gasteiger partial charge in [0.05, 0.1) is 37.9 Å². The van der Waals surface area contributed by atoms with E-state index in [1.807, 2.05) is 36.4 Å². The van der Waals surface area contributed by atoms with Crippen LogP contribution >= 0.6 is 11.6 Å². The van der Waals surface area contributed by atoms with E-state index in [4.69, 9.17) is 35.2 Å². The summed E-state index contributed by atoms with van der Waals surface area (Å²) in [5, 5.41) is 1.50. The fourth-order valence-electron chi connectivity index (χ4n) is 4.09. The first kappa shape index (κ1) is 21.8. The van der Waals surface area contributed by atoms with E-state index in [9.17, 15) is 4.79 Å². The molecule has 0 amide bonds. The molecular weight excluding hydrogens is 454 g/mol. The third kappa shape index (κ3) is 3.62. The van der Waals surface area contributed by atoms with Gasteiger partial charge in [0, 0.05) is 21.5 Å². The molecule has 0 atom stereocenters. The van der Waals surface area contributed by atoms with Crippen molar-refractivity contribution >= 4 is 33.5 Å². The Morgan fingerprint density at radius 2 is 1.53 bits per heavy atom. The molecule has 0 N–H and O–H groups in total. The summed E-state index contributed by atoms with van der Waals surface area (Å²) in [6.45, 7) is 0. The Hall–Kier alpha value is -4.03. The van der Waals surface area contributed by atoms with Gasteiger partial charge in [-0.1, -0.05) is 41.9 Å². The van der Waals surface area contributed by atoms with Gasteiger partial charge >= 0.3 is 5.63 Å². The SMILES string of the molecule is COc1cc(-c2cc(-c3ccccc3)nc3c2c(=O)oc2ccc(Cl)cc23)cc(OC)c1OC. The lowest BCUT2D eigenvalue weighted by molar-refractivity contribution is 0.324. The Morgan fingerprint density at radius 3 is 2.18 bits per heavy atom. The fourth-order valence-corrected chi connectivity index (χ4v) is 4.27. The molecule has 2 heterocycles. The van der Waals surface area contributed by atoms with Crippen LogP contribution in [0.2, 0.25) is 5.02 Å². The Kier molecular flexibility index (Phi) is 5.59. The van der Waals surface area contributed by atoms with Crippen LogP contribution in [0.5, 0.6) is 17.2 Å². The molecule has 34 heavy (non-hydrogen) atoms. The molecule has 3 aromatic carbocycles. The number of rotatable bonds is 5. The second-order valence-electron chi connectivity index (χ2n) is 7.59. The van der Waals surface area contributed by atoms with Crippen LogP contribution in [0.3, 0.4) is 0 Å². The monoisotopic (exact) mass is 473 g/mol. The molecule has 0 fully saturated rings. The molecule has 5 rings (SSSR count). The van der Waals surface area contributed by atoms with Gasteiger partial charge in [-0.25, -0.2) is 9.78 Å². The molecule has 0 radical (unpaired) electrons. The number of benzene rings is 3. The summed E-state index contributed by atoms with van der Waals surface area (Å²) in [4.78, 5) is 18.1. The van der Waals surface area contributed by atoms with Crippen molar-refractivity contribution in [3.8, 4) is 39.6 Å². The van der Waals surface area contributed by atoms with Crippen molar-refractivity contribution in [3.63, 3.8) is 0 Å². The van der Waals surface area contributed by atoms with E-state index < -0.39 is 5.63 Å². The number of hydrogen-bond donors (Lipinski definition) is 0. The Morgan fingerprint density at radius 1 is 0.824 bits per heavy atom. The molecule has 0 unspecified atom stereocenters. The summed E-state index contributed by atoms with van der Waals surface area (Å²) in [6, 6.07) is 20.3. The number of halogens is 1. The summed E-state index contributed by atoms with van der Waals surface area (Å²) >= 11 is 6.29. The Labute approximate surface area is 200 Å². The molecule has 0 aliphatic rings. The number of ether oxygens (including phenoxy) is 3. The standard InChI is InChI=1S/C27H20ClNO5/c1-31-22-11-16(12-23(32-2)26(22)33-3)18-14-20(15-7-5-4-6-8-15)29-25-19-13-17(28)9-10-21(19)34-27(30)24(18)25/h4-14H,1-3H3. The van der Waals surface area contributed by atoms with E-state index in [2.05, 4.69) is 0 Å². The van der Waals surface area contributed by atoms with Gasteiger partial charge in [0.1, 0.15) is 5.58 Å². The minimum absolute atomic E-state index is 0.337. The van der Waals surface area contributed by atoms with Crippen LogP contribution in [0.25, 0.3) is 44.3 Å². The van der Waals surface area contributed by atoms with Crippen LogP contribution in [0, 0.1) is 0 Å². The molecule has 0 aliphatic heterocycles. The smallest absolute Gasteiger partial charge is 0.346 e. The van der Waals surface area contributed by atoms with Crippen molar-refractivity contribution in [1.82, 2.24) is 4.98 Å². The van der Waals surface area contributed by atoms with Gasteiger partial charge in [-0.3, -0.25) is 0 Å². The highest BCUT2D eigenvalue weighted by Gasteiger charge is 2.20. The van der Waals surface area contributed by atoms with Crippen molar-refractivity contribution in [1.29, 1.82) is 0 Å². The minimum Gasteiger partial charge on any atom is -0.493 e. The van der Waals surface area contributed by atoms with Gasteiger partial charge in [-0.2, -0.15) is 0 Å². The maximum atomic E-state index is 13.2. The average Bonchev–Trinajstić information content (AvgIpc) is 2.88. The molecular formula is C27H20ClNO5.